The van der Waals surface area contributed by atoms with Crippen molar-refractivity contribution in [1.29, 1.82) is 0 Å². The summed E-state index contributed by atoms with van der Waals surface area (Å²) in [7, 11) is 0. The fourth-order valence-electron chi connectivity index (χ4n) is 3.05. The molecule has 2 aromatic heterocycles. The fourth-order valence-corrected chi connectivity index (χ4v) is 3.05. The highest BCUT2D eigenvalue weighted by Crippen LogP contribution is 2.19. The number of aromatic nitrogens is 2. The lowest BCUT2D eigenvalue weighted by Gasteiger charge is -2.18. The zero-order valence-electron chi connectivity index (χ0n) is 14.3. The molecule has 1 aliphatic rings. The molecular formula is C19H22N4O2. The van der Waals surface area contributed by atoms with Gasteiger partial charge in [-0.3, -0.25) is 24.1 Å². The first-order valence-electron chi connectivity index (χ1n) is 8.58. The maximum Gasteiger partial charge on any atom is 0.282 e. The van der Waals surface area contributed by atoms with Gasteiger partial charge in [0.15, 0.2) is 0 Å². The topological polar surface area (TPSA) is 90.3 Å². The molecule has 1 aliphatic carbocycles. The minimum atomic E-state index is -0.567. The van der Waals surface area contributed by atoms with Gasteiger partial charge < -0.3 is 5.73 Å². The first-order chi connectivity index (χ1) is 12.0. The smallest absolute Gasteiger partial charge is 0.282 e. The standard InChI is InChI=1S/C19H22N4O2/c1-13-9-10-23(17(11-13)22-15-5-3-2-4-6-15)19(25)16-8-7-14(12-21-16)18(20)24/h7-12,15H,2-6H2,1H3,(H2,20,24). The van der Waals surface area contributed by atoms with Crippen LogP contribution in [0.1, 0.15) is 58.5 Å². The van der Waals surface area contributed by atoms with E-state index in [1.165, 1.54) is 42.2 Å². The first kappa shape index (κ1) is 17.1. The molecule has 2 heterocycles. The Labute approximate surface area is 146 Å². The number of carbonyl (C=O) groups excluding carboxylic acids is 2. The molecule has 0 aromatic carbocycles. The number of carbonyl (C=O) groups is 2. The van der Waals surface area contributed by atoms with Gasteiger partial charge in [0, 0.05) is 12.4 Å². The van der Waals surface area contributed by atoms with Crippen LogP contribution in [0.2, 0.25) is 0 Å². The van der Waals surface area contributed by atoms with Gasteiger partial charge in [0.05, 0.1) is 11.6 Å². The van der Waals surface area contributed by atoms with Crippen LogP contribution in [0, 0.1) is 6.92 Å². The monoisotopic (exact) mass is 338 g/mol. The second-order valence-electron chi connectivity index (χ2n) is 6.45. The van der Waals surface area contributed by atoms with Gasteiger partial charge in [-0.15, -0.1) is 0 Å². The van der Waals surface area contributed by atoms with Crippen molar-refractivity contribution in [2.24, 2.45) is 10.7 Å². The lowest BCUT2D eigenvalue weighted by molar-refractivity contribution is 0.0946. The molecule has 0 radical (unpaired) electrons. The maximum atomic E-state index is 12.8. The third kappa shape index (κ3) is 4.02. The molecule has 1 amide bonds. The summed E-state index contributed by atoms with van der Waals surface area (Å²) in [6, 6.07) is 7.08. The molecule has 1 fully saturated rings. The molecule has 25 heavy (non-hydrogen) atoms. The van der Waals surface area contributed by atoms with Gasteiger partial charge in [0.1, 0.15) is 11.2 Å². The van der Waals surface area contributed by atoms with Crippen LogP contribution < -0.4 is 11.2 Å². The largest absolute Gasteiger partial charge is 0.366 e. The number of aryl methyl sites for hydroxylation is 1. The van der Waals surface area contributed by atoms with Gasteiger partial charge in [-0.05, 0) is 49.6 Å². The number of pyridine rings is 2. The lowest BCUT2D eigenvalue weighted by Crippen LogP contribution is -2.30. The predicted octanol–water partition coefficient (Wildman–Crippen LogP) is 2.21. The quantitative estimate of drug-likeness (QED) is 0.930. The molecule has 0 aliphatic heterocycles. The van der Waals surface area contributed by atoms with E-state index in [0.717, 1.165) is 18.4 Å². The van der Waals surface area contributed by atoms with Crippen LogP contribution >= 0.6 is 0 Å². The average Bonchev–Trinajstić information content (AvgIpc) is 2.62. The second-order valence-corrected chi connectivity index (χ2v) is 6.45. The fraction of sp³-hybridized carbons (Fsp3) is 0.368. The Balaban J connectivity index is 1.97. The number of amides is 1. The number of primary amides is 1. The molecule has 0 bridgehead atoms. The summed E-state index contributed by atoms with van der Waals surface area (Å²) >= 11 is 0. The molecule has 1 saturated carbocycles. The highest BCUT2D eigenvalue weighted by atomic mass is 16.2. The van der Waals surface area contributed by atoms with E-state index >= 15 is 0 Å². The van der Waals surface area contributed by atoms with Crippen molar-refractivity contribution in [3.05, 3.63) is 59.0 Å². The average molecular weight is 338 g/mol. The zero-order chi connectivity index (χ0) is 17.8. The molecule has 3 rings (SSSR count). The summed E-state index contributed by atoms with van der Waals surface area (Å²) in [6.45, 7) is 1.98. The number of hydrogen-bond acceptors (Lipinski definition) is 4. The van der Waals surface area contributed by atoms with Crippen LogP contribution in [0.4, 0.5) is 0 Å². The van der Waals surface area contributed by atoms with Gasteiger partial charge in [0.25, 0.3) is 5.91 Å². The molecule has 2 aromatic rings. The molecule has 0 atom stereocenters. The van der Waals surface area contributed by atoms with Crippen molar-refractivity contribution in [1.82, 2.24) is 9.55 Å². The Morgan fingerprint density at radius 1 is 1.20 bits per heavy atom. The lowest BCUT2D eigenvalue weighted by atomic mass is 9.96. The molecule has 6 nitrogen and oxygen atoms in total. The Kier molecular flexibility index (Phi) is 5.07. The third-order valence-corrected chi connectivity index (χ3v) is 4.47. The minimum absolute atomic E-state index is 0.249. The Bertz CT molecular complexity index is 846. The molecule has 0 unspecified atom stereocenters. The Hall–Kier alpha value is -2.76. The van der Waals surface area contributed by atoms with Crippen LogP contribution in [0.15, 0.2) is 41.7 Å². The summed E-state index contributed by atoms with van der Waals surface area (Å²) in [5.74, 6) is -0.840. The summed E-state index contributed by atoms with van der Waals surface area (Å²) in [6.07, 6.45) is 8.80. The normalized spacial score (nSPS) is 16.0. The highest BCUT2D eigenvalue weighted by molar-refractivity contribution is 5.96. The summed E-state index contributed by atoms with van der Waals surface area (Å²) < 4.78 is 1.52. The van der Waals surface area contributed by atoms with Crippen molar-refractivity contribution in [3.63, 3.8) is 0 Å². The summed E-state index contributed by atoms with van der Waals surface area (Å²) in [5.41, 5.74) is 7.44. The molecule has 0 spiro atoms. The number of nitrogens with two attached hydrogens (primary N) is 1. The minimum Gasteiger partial charge on any atom is -0.366 e. The van der Waals surface area contributed by atoms with E-state index in [0.29, 0.717) is 5.49 Å². The van der Waals surface area contributed by atoms with Gasteiger partial charge in [-0.25, -0.2) is 0 Å². The van der Waals surface area contributed by atoms with Crippen LogP contribution in [-0.2, 0) is 0 Å². The molecule has 2 N–H and O–H groups in total. The molecule has 130 valence electrons. The third-order valence-electron chi connectivity index (χ3n) is 4.47. The highest BCUT2D eigenvalue weighted by Gasteiger charge is 2.15. The zero-order valence-corrected chi connectivity index (χ0v) is 14.3. The van der Waals surface area contributed by atoms with E-state index in [2.05, 4.69) is 4.98 Å². The van der Waals surface area contributed by atoms with Crippen molar-refractivity contribution in [2.45, 2.75) is 45.1 Å². The van der Waals surface area contributed by atoms with E-state index in [1.54, 1.807) is 6.20 Å². The Morgan fingerprint density at radius 2 is 1.96 bits per heavy atom. The van der Waals surface area contributed by atoms with Crippen LogP contribution in [-0.4, -0.2) is 27.4 Å². The van der Waals surface area contributed by atoms with Crippen molar-refractivity contribution in [2.75, 3.05) is 0 Å². The predicted molar refractivity (Wildman–Crippen MR) is 94.1 cm³/mol. The van der Waals surface area contributed by atoms with Crippen molar-refractivity contribution >= 4 is 11.8 Å². The van der Waals surface area contributed by atoms with E-state index < -0.39 is 5.91 Å². The molecular weight excluding hydrogens is 316 g/mol. The molecule has 0 saturated heterocycles. The van der Waals surface area contributed by atoms with Crippen LogP contribution in [0.5, 0.6) is 0 Å². The van der Waals surface area contributed by atoms with Gasteiger partial charge in [0.2, 0.25) is 5.91 Å². The van der Waals surface area contributed by atoms with E-state index in [1.807, 2.05) is 19.1 Å². The van der Waals surface area contributed by atoms with Gasteiger partial charge in [-0.2, -0.15) is 0 Å². The summed E-state index contributed by atoms with van der Waals surface area (Å²) in [5, 5.41) is 0. The SMILES string of the molecule is Cc1ccn(C(=O)c2ccc(C(N)=O)cn2)c(=NC2CCCCC2)c1. The van der Waals surface area contributed by atoms with E-state index in [4.69, 9.17) is 10.7 Å². The van der Waals surface area contributed by atoms with Crippen molar-refractivity contribution < 1.29 is 9.59 Å². The van der Waals surface area contributed by atoms with Crippen LogP contribution in [0.3, 0.4) is 0 Å². The van der Waals surface area contributed by atoms with Gasteiger partial charge >= 0.3 is 0 Å². The summed E-state index contributed by atoms with van der Waals surface area (Å²) in [4.78, 5) is 32.9. The van der Waals surface area contributed by atoms with E-state index in [-0.39, 0.29) is 23.2 Å². The maximum absolute atomic E-state index is 12.8. The number of rotatable bonds is 3. The first-order valence-corrected chi connectivity index (χ1v) is 8.58. The Morgan fingerprint density at radius 3 is 2.60 bits per heavy atom. The number of hydrogen-bond donors (Lipinski definition) is 1. The van der Waals surface area contributed by atoms with Gasteiger partial charge in [-0.1, -0.05) is 19.3 Å². The second kappa shape index (κ2) is 7.42. The number of nitrogens with zero attached hydrogens (tertiary/aromatic N) is 3. The van der Waals surface area contributed by atoms with Crippen molar-refractivity contribution in [3.8, 4) is 0 Å². The molecule has 6 heteroatoms. The van der Waals surface area contributed by atoms with E-state index in [9.17, 15) is 9.59 Å². The van der Waals surface area contributed by atoms with Crippen LogP contribution in [0.25, 0.3) is 0 Å².